The number of rotatable bonds is 3. The SMILES string of the molecule is CCC=N/C(C)=C\NC. The Hall–Kier alpha value is -0.790. The maximum Gasteiger partial charge on any atom is 0.0524 e. The first-order chi connectivity index (χ1) is 4.31. The number of nitrogens with zero attached hydrogens (tertiary/aromatic N) is 1. The highest BCUT2D eigenvalue weighted by Crippen LogP contribution is 1.89. The van der Waals surface area contributed by atoms with E-state index in [-0.39, 0.29) is 0 Å². The molecule has 0 spiro atoms. The lowest BCUT2D eigenvalue weighted by Crippen LogP contribution is -1.93. The maximum atomic E-state index is 4.11. The standard InChI is InChI=1S/C7H14N2/c1-4-5-9-7(2)6-8-3/h5-6,8H,4H2,1-3H3/b7-6-,9-5?. The second kappa shape index (κ2) is 5.35. The topological polar surface area (TPSA) is 24.4 Å². The second-order valence-corrected chi connectivity index (χ2v) is 1.79. The highest BCUT2D eigenvalue weighted by molar-refractivity contribution is 5.58. The number of allylic oxidation sites excluding steroid dienone is 1. The molecule has 0 aromatic carbocycles. The second-order valence-electron chi connectivity index (χ2n) is 1.79. The van der Waals surface area contributed by atoms with E-state index in [2.05, 4.69) is 17.2 Å². The molecule has 0 aliphatic heterocycles. The van der Waals surface area contributed by atoms with E-state index in [0.717, 1.165) is 12.1 Å². The lowest BCUT2D eigenvalue weighted by atomic mass is 10.5. The summed E-state index contributed by atoms with van der Waals surface area (Å²) < 4.78 is 0. The third-order valence-electron chi connectivity index (χ3n) is 0.831. The first-order valence-electron chi connectivity index (χ1n) is 3.17. The third-order valence-corrected chi connectivity index (χ3v) is 0.831. The molecule has 0 saturated carbocycles. The number of hydrogen-bond donors (Lipinski definition) is 1. The molecule has 0 aromatic heterocycles. The molecule has 0 atom stereocenters. The molecule has 0 saturated heterocycles. The number of hydrogen-bond acceptors (Lipinski definition) is 2. The summed E-state index contributed by atoms with van der Waals surface area (Å²) in [7, 11) is 1.87. The molecular weight excluding hydrogens is 112 g/mol. The maximum absolute atomic E-state index is 4.11. The van der Waals surface area contributed by atoms with Crippen LogP contribution in [0.2, 0.25) is 0 Å². The van der Waals surface area contributed by atoms with Crippen molar-refractivity contribution in [3.8, 4) is 0 Å². The lowest BCUT2D eigenvalue weighted by molar-refractivity contribution is 1.06. The van der Waals surface area contributed by atoms with Gasteiger partial charge >= 0.3 is 0 Å². The van der Waals surface area contributed by atoms with Crippen LogP contribution in [0.15, 0.2) is 16.9 Å². The van der Waals surface area contributed by atoms with Gasteiger partial charge in [0.1, 0.15) is 0 Å². The molecule has 0 unspecified atom stereocenters. The van der Waals surface area contributed by atoms with Crippen molar-refractivity contribution in [2.75, 3.05) is 7.05 Å². The zero-order chi connectivity index (χ0) is 7.11. The molecule has 0 rings (SSSR count). The summed E-state index contributed by atoms with van der Waals surface area (Å²) in [5.41, 5.74) is 1.01. The van der Waals surface area contributed by atoms with Gasteiger partial charge in [0.25, 0.3) is 0 Å². The van der Waals surface area contributed by atoms with E-state index < -0.39 is 0 Å². The Labute approximate surface area is 56.7 Å². The van der Waals surface area contributed by atoms with Crippen molar-refractivity contribution >= 4 is 6.21 Å². The number of nitrogens with one attached hydrogen (secondary N) is 1. The average molecular weight is 126 g/mol. The van der Waals surface area contributed by atoms with E-state index in [1.807, 2.05) is 26.4 Å². The van der Waals surface area contributed by atoms with Gasteiger partial charge in [-0.3, -0.25) is 4.99 Å². The van der Waals surface area contributed by atoms with Crippen LogP contribution in [0.1, 0.15) is 20.3 Å². The van der Waals surface area contributed by atoms with E-state index in [1.54, 1.807) is 0 Å². The molecule has 0 aliphatic rings. The van der Waals surface area contributed by atoms with Gasteiger partial charge in [-0.25, -0.2) is 0 Å². The van der Waals surface area contributed by atoms with Gasteiger partial charge in [0.05, 0.1) is 5.70 Å². The fourth-order valence-corrected chi connectivity index (χ4v) is 0.481. The summed E-state index contributed by atoms with van der Waals surface area (Å²) in [6, 6.07) is 0. The smallest absolute Gasteiger partial charge is 0.0524 e. The largest absolute Gasteiger partial charge is 0.393 e. The molecule has 0 aliphatic carbocycles. The molecule has 52 valence electrons. The minimum Gasteiger partial charge on any atom is -0.393 e. The normalized spacial score (nSPS) is 12.6. The molecule has 0 radical (unpaired) electrons. The first kappa shape index (κ1) is 8.21. The van der Waals surface area contributed by atoms with Crippen LogP contribution in [0, 0.1) is 0 Å². The van der Waals surface area contributed by atoms with E-state index >= 15 is 0 Å². The quantitative estimate of drug-likeness (QED) is 0.570. The minimum atomic E-state index is 0.995. The summed E-state index contributed by atoms with van der Waals surface area (Å²) in [4.78, 5) is 4.11. The van der Waals surface area contributed by atoms with E-state index in [4.69, 9.17) is 0 Å². The molecule has 9 heavy (non-hydrogen) atoms. The van der Waals surface area contributed by atoms with Crippen molar-refractivity contribution in [1.82, 2.24) is 5.32 Å². The molecular formula is C7H14N2. The van der Waals surface area contributed by atoms with Gasteiger partial charge in [0, 0.05) is 19.5 Å². The van der Waals surface area contributed by atoms with Crippen LogP contribution in [-0.2, 0) is 0 Å². The van der Waals surface area contributed by atoms with Crippen molar-refractivity contribution in [1.29, 1.82) is 0 Å². The van der Waals surface area contributed by atoms with Crippen molar-refractivity contribution < 1.29 is 0 Å². The van der Waals surface area contributed by atoms with Crippen LogP contribution in [0.3, 0.4) is 0 Å². The van der Waals surface area contributed by atoms with Gasteiger partial charge in [0.15, 0.2) is 0 Å². The summed E-state index contributed by atoms with van der Waals surface area (Å²) in [6.45, 7) is 4.03. The van der Waals surface area contributed by atoms with Crippen molar-refractivity contribution in [3.05, 3.63) is 11.9 Å². The van der Waals surface area contributed by atoms with Crippen LogP contribution in [0.5, 0.6) is 0 Å². The zero-order valence-corrected chi connectivity index (χ0v) is 6.31. The molecule has 0 fully saturated rings. The van der Waals surface area contributed by atoms with Gasteiger partial charge in [-0.2, -0.15) is 0 Å². The van der Waals surface area contributed by atoms with Gasteiger partial charge in [0.2, 0.25) is 0 Å². The Kier molecular flexibility index (Phi) is 4.88. The first-order valence-corrected chi connectivity index (χ1v) is 3.17. The lowest BCUT2D eigenvalue weighted by Gasteiger charge is -1.89. The van der Waals surface area contributed by atoms with E-state index in [0.29, 0.717) is 0 Å². The van der Waals surface area contributed by atoms with E-state index in [1.165, 1.54) is 0 Å². The molecule has 2 nitrogen and oxygen atoms in total. The van der Waals surface area contributed by atoms with Crippen LogP contribution in [0.25, 0.3) is 0 Å². The predicted octanol–water partition coefficient (Wildman–Crippen LogP) is 1.55. The highest BCUT2D eigenvalue weighted by Gasteiger charge is 1.76. The van der Waals surface area contributed by atoms with Crippen LogP contribution in [-0.4, -0.2) is 13.3 Å². The zero-order valence-electron chi connectivity index (χ0n) is 6.31. The molecule has 0 amide bonds. The molecule has 2 heteroatoms. The summed E-state index contributed by atoms with van der Waals surface area (Å²) in [5.74, 6) is 0. The monoisotopic (exact) mass is 126 g/mol. The fourth-order valence-electron chi connectivity index (χ4n) is 0.481. The van der Waals surface area contributed by atoms with Crippen LogP contribution >= 0.6 is 0 Å². The van der Waals surface area contributed by atoms with Gasteiger partial charge in [-0.05, 0) is 13.3 Å². The Bertz CT molecular complexity index is 114. The van der Waals surface area contributed by atoms with E-state index in [9.17, 15) is 0 Å². The Morgan fingerprint density at radius 1 is 1.67 bits per heavy atom. The predicted molar refractivity (Wildman–Crippen MR) is 41.6 cm³/mol. The van der Waals surface area contributed by atoms with Crippen molar-refractivity contribution in [3.63, 3.8) is 0 Å². The summed E-state index contributed by atoms with van der Waals surface area (Å²) in [6.07, 6.45) is 4.75. The Morgan fingerprint density at radius 3 is 2.78 bits per heavy atom. The van der Waals surface area contributed by atoms with Gasteiger partial charge < -0.3 is 5.32 Å². The third kappa shape index (κ3) is 5.07. The molecule has 0 aromatic rings. The minimum absolute atomic E-state index is 0.995. The van der Waals surface area contributed by atoms with Crippen LogP contribution < -0.4 is 5.32 Å². The summed E-state index contributed by atoms with van der Waals surface area (Å²) >= 11 is 0. The van der Waals surface area contributed by atoms with Gasteiger partial charge in [-0.1, -0.05) is 6.92 Å². The Morgan fingerprint density at radius 2 is 2.33 bits per heavy atom. The summed E-state index contributed by atoms with van der Waals surface area (Å²) in [5, 5.41) is 2.90. The molecule has 0 heterocycles. The Balaban J connectivity index is 3.60. The molecule has 1 N–H and O–H groups in total. The number of aliphatic imine (C=N–C) groups is 1. The molecule has 0 bridgehead atoms. The highest BCUT2D eigenvalue weighted by atomic mass is 14.8. The van der Waals surface area contributed by atoms with Crippen molar-refractivity contribution in [2.24, 2.45) is 4.99 Å². The van der Waals surface area contributed by atoms with Crippen LogP contribution in [0.4, 0.5) is 0 Å². The van der Waals surface area contributed by atoms with Gasteiger partial charge in [-0.15, -0.1) is 0 Å². The fraction of sp³-hybridized carbons (Fsp3) is 0.571. The average Bonchev–Trinajstić information content (AvgIpc) is 1.85. The van der Waals surface area contributed by atoms with Crippen molar-refractivity contribution in [2.45, 2.75) is 20.3 Å².